The van der Waals surface area contributed by atoms with Gasteiger partial charge in [0.05, 0.1) is 11.1 Å². The van der Waals surface area contributed by atoms with Crippen molar-refractivity contribution in [1.29, 1.82) is 0 Å². The predicted molar refractivity (Wildman–Crippen MR) is 60.5 cm³/mol. The van der Waals surface area contributed by atoms with Gasteiger partial charge in [0.1, 0.15) is 11.6 Å². The number of hydrogen-bond acceptors (Lipinski definition) is 2. The molecule has 0 amide bonds. The number of rotatable bonds is 5. The van der Waals surface area contributed by atoms with Crippen LogP contribution in [-0.4, -0.2) is 17.8 Å². The summed E-state index contributed by atoms with van der Waals surface area (Å²) in [5.74, 6) is 0.222. The lowest BCUT2D eigenvalue weighted by Crippen LogP contribution is -2.02. The molecule has 0 unspecified atom stereocenters. The van der Waals surface area contributed by atoms with E-state index in [2.05, 4.69) is 0 Å². The van der Waals surface area contributed by atoms with Gasteiger partial charge in [-0.05, 0) is 43.4 Å². The summed E-state index contributed by atoms with van der Waals surface area (Å²) in [6.07, 6.45) is 3.47. The van der Waals surface area contributed by atoms with Crippen molar-refractivity contribution in [2.24, 2.45) is 0 Å². The van der Waals surface area contributed by atoms with E-state index in [0.717, 1.165) is 18.4 Å². The molecule has 88 valence electrons. The average Bonchev–Trinajstić information content (AvgIpc) is 3.03. The highest BCUT2D eigenvalue weighted by Crippen LogP contribution is 2.36. The van der Waals surface area contributed by atoms with Crippen LogP contribution in [-0.2, 0) is 6.42 Å². The van der Waals surface area contributed by atoms with Gasteiger partial charge in [0.15, 0.2) is 0 Å². The number of halogens is 2. The van der Waals surface area contributed by atoms with E-state index in [9.17, 15) is 4.39 Å². The first-order valence-electron chi connectivity index (χ1n) is 5.46. The first-order chi connectivity index (χ1) is 7.70. The predicted octanol–water partition coefficient (Wildman–Crippen LogP) is 2.95. The summed E-state index contributed by atoms with van der Waals surface area (Å²) in [6, 6.07) is 2.70. The van der Waals surface area contributed by atoms with Gasteiger partial charge < -0.3 is 9.84 Å². The Morgan fingerprint density at radius 2 is 2.19 bits per heavy atom. The Morgan fingerprint density at radius 1 is 1.44 bits per heavy atom. The number of aliphatic hydroxyl groups excluding tert-OH is 1. The molecule has 1 saturated carbocycles. The second kappa shape index (κ2) is 5.02. The quantitative estimate of drug-likeness (QED) is 0.863. The van der Waals surface area contributed by atoms with Gasteiger partial charge in [0.2, 0.25) is 0 Å². The molecule has 1 aliphatic carbocycles. The molecule has 0 atom stereocenters. The van der Waals surface area contributed by atoms with Crippen LogP contribution < -0.4 is 4.74 Å². The van der Waals surface area contributed by atoms with Crippen molar-refractivity contribution in [2.75, 3.05) is 6.61 Å². The second-order valence-electron chi connectivity index (χ2n) is 4.02. The standard InChI is InChI=1S/C12H14ClFO2/c13-11-7-9(14)6-8(2-1-5-15)12(11)16-10-3-4-10/h6-7,10,15H,1-5H2. The van der Waals surface area contributed by atoms with Crippen LogP contribution in [0.5, 0.6) is 5.75 Å². The van der Waals surface area contributed by atoms with Crippen molar-refractivity contribution in [3.05, 3.63) is 28.5 Å². The van der Waals surface area contributed by atoms with Crippen molar-refractivity contribution >= 4 is 11.6 Å². The minimum Gasteiger partial charge on any atom is -0.489 e. The highest BCUT2D eigenvalue weighted by atomic mass is 35.5. The van der Waals surface area contributed by atoms with Gasteiger partial charge in [-0.2, -0.15) is 0 Å². The molecule has 1 aromatic rings. The van der Waals surface area contributed by atoms with Crippen LogP contribution in [0, 0.1) is 5.82 Å². The highest BCUT2D eigenvalue weighted by molar-refractivity contribution is 6.32. The van der Waals surface area contributed by atoms with E-state index in [1.165, 1.54) is 12.1 Å². The van der Waals surface area contributed by atoms with Gasteiger partial charge in [-0.15, -0.1) is 0 Å². The second-order valence-corrected chi connectivity index (χ2v) is 4.43. The summed E-state index contributed by atoms with van der Waals surface area (Å²) < 4.78 is 18.8. The molecular weight excluding hydrogens is 231 g/mol. The Hall–Kier alpha value is -0.800. The first-order valence-corrected chi connectivity index (χ1v) is 5.84. The van der Waals surface area contributed by atoms with E-state index in [0.29, 0.717) is 23.6 Å². The van der Waals surface area contributed by atoms with Crippen LogP contribution in [0.4, 0.5) is 4.39 Å². The minimum atomic E-state index is -0.360. The fourth-order valence-electron chi connectivity index (χ4n) is 1.55. The molecule has 0 saturated heterocycles. The third-order valence-corrected chi connectivity index (χ3v) is 2.78. The van der Waals surface area contributed by atoms with E-state index in [4.69, 9.17) is 21.4 Å². The normalized spacial score (nSPS) is 15.2. The zero-order valence-electron chi connectivity index (χ0n) is 8.88. The Kier molecular flexibility index (Phi) is 3.66. The van der Waals surface area contributed by atoms with E-state index in [-0.39, 0.29) is 18.5 Å². The Morgan fingerprint density at radius 3 is 2.81 bits per heavy atom. The maximum Gasteiger partial charge on any atom is 0.141 e. The largest absolute Gasteiger partial charge is 0.489 e. The number of benzene rings is 1. The molecule has 0 heterocycles. The lowest BCUT2D eigenvalue weighted by atomic mass is 10.1. The molecule has 16 heavy (non-hydrogen) atoms. The molecular formula is C12H14ClFO2. The fourth-order valence-corrected chi connectivity index (χ4v) is 1.82. The van der Waals surface area contributed by atoms with Crippen LogP contribution in [0.15, 0.2) is 12.1 Å². The Bertz CT molecular complexity index is 378. The summed E-state index contributed by atoms with van der Waals surface area (Å²) in [7, 11) is 0. The van der Waals surface area contributed by atoms with Crippen LogP contribution in [0.1, 0.15) is 24.8 Å². The fraction of sp³-hybridized carbons (Fsp3) is 0.500. The zero-order valence-corrected chi connectivity index (χ0v) is 9.63. The van der Waals surface area contributed by atoms with Crippen LogP contribution in [0.25, 0.3) is 0 Å². The monoisotopic (exact) mass is 244 g/mol. The molecule has 2 rings (SSSR count). The number of ether oxygens (including phenoxy) is 1. The van der Waals surface area contributed by atoms with Crippen molar-refractivity contribution in [2.45, 2.75) is 31.8 Å². The van der Waals surface area contributed by atoms with Crippen LogP contribution in [0.2, 0.25) is 5.02 Å². The van der Waals surface area contributed by atoms with Crippen molar-refractivity contribution < 1.29 is 14.2 Å². The van der Waals surface area contributed by atoms with E-state index in [1.807, 2.05) is 0 Å². The van der Waals surface area contributed by atoms with Gasteiger partial charge in [-0.3, -0.25) is 0 Å². The van der Waals surface area contributed by atoms with Crippen molar-refractivity contribution in [3.63, 3.8) is 0 Å². The van der Waals surface area contributed by atoms with Gasteiger partial charge in [-0.1, -0.05) is 11.6 Å². The maximum absolute atomic E-state index is 13.2. The van der Waals surface area contributed by atoms with E-state index < -0.39 is 0 Å². The third-order valence-electron chi connectivity index (χ3n) is 2.50. The molecule has 0 spiro atoms. The van der Waals surface area contributed by atoms with Crippen molar-refractivity contribution in [1.82, 2.24) is 0 Å². The summed E-state index contributed by atoms with van der Waals surface area (Å²) >= 11 is 5.96. The third kappa shape index (κ3) is 2.86. The molecule has 1 N–H and O–H groups in total. The Labute approximate surface area is 99.0 Å². The summed E-state index contributed by atoms with van der Waals surface area (Å²) in [6.45, 7) is 0.0804. The van der Waals surface area contributed by atoms with Gasteiger partial charge >= 0.3 is 0 Å². The van der Waals surface area contributed by atoms with E-state index in [1.54, 1.807) is 0 Å². The summed E-state index contributed by atoms with van der Waals surface area (Å²) in [4.78, 5) is 0. The van der Waals surface area contributed by atoms with Crippen LogP contribution >= 0.6 is 11.6 Å². The summed E-state index contributed by atoms with van der Waals surface area (Å²) in [5, 5.41) is 9.10. The Balaban J connectivity index is 2.22. The molecule has 0 aromatic heterocycles. The van der Waals surface area contributed by atoms with Crippen LogP contribution in [0.3, 0.4) is 0 Å². The van der Waals surface area contributed by atoms with Gasteiger partial charge in [0.25, 0.3) is 0 Å². The van der Waals surface area contributed by atoms with Gasteiger partial charge in [-0.25, -0.2) is 4.39 Å². The smallest absolute Gasteiger partial charge is 0.141 e. The minimum absolute atomic E-state index is 0.0804. The average molecular weight is 245 g/mol. The molecule has 1 fully saturated rings. The molecule has 0 radical (unpaired) electrons. The topological polar surface area (TPSA) is 29.5 Å². The maximum atomic E-state index is 13.2. The molecule has 1 aromatic carbocycles. The number of hydrogen-bond donors (Lipinski definition) is 1. The van der Waals surface area contributed by atoms with E-state index >= 15 is 0 Å². The zero-order chi connectivity index (χ0) is 11.5. The molecule has 0 aliphatic heterocycles. The molecule has 2 nitrogen and oxygen atoms in total. The SMILES string of the molecule is OCCCc1cc(F)cc(Cl)c1OC1CC1. The van der Waals surface area contributed by atoms with Crippen molar-refractivity contribution in [3.8, 4) is 5.75 Å². The number of aryl methyl sites for hydroxylation is 1. The first kappa shape index (κ1) is 11.7. The lowest BCUT2D eigenvalue weighted by Gasteiger charge is -2.12. The summed E-state index contributed by atoms with van der Waals surface area (Å²) in [5.41, 5.74) is 0.742. The highest BCUT2D eigenvalue weighted by Gasteiger charge is 2.26. The number of aliphatic hydroxyl groups is 1. The molecule has 0 bridgehead atoms. The lowest BCUT2D eigenvalue weighted by molar-refractivity contribution is 0.282. The molecule has 1 aliphatic rings. The van der Waals surface area contributed by atoms with Gasteiger partial charge in [0, 0.05) is 6.61 Å². The molecule has 4 heteroatoms.